The summed E-state index contributed by atoms with van der Waals surface area (Å²) in [6.45, 7) is 1.63. The van der Waals surface area contributed by atoms with E-state index in [1.54, 1.807) is 18.2 Å². The van der Waals surface area contributed by atoms with Gasteiger partial charge in [0.25, 0.3) is 5.91 Å². The molecule has 94 valence electrons. The number of amides is 1. The second-order valence-electron chi connectivity index (χ2n) is 4.07. The molecule has 5 heteroatoms. The summed E-state index contributed by atoms with van der Waals surface area (Å²) in [6.07, 6.45) is 0.931. The van der Waals surface area contributed by atoms with E-state index in [0.29, 0.717) is 17.1 Å². The Labute approximate surface area is 115 Å². The van der Waals surface area contributed by atoms with Gasteiger partial charge < -0.3 is 10.2 Å². The predicted molar refractivity (Wildman–Crippen MR) is 74.7 cm³/mol. The molecule has 0 unspecified atom stereocenters. The Kier molecular flexibility index (Phi) is 5.95. The van der Waals surface area contributed by atoms with Crippen molar-refractivity contribution in [3.05, 3.63) is 33.3 Å². The molecule has 17 heavy (non-hydrogen) atoms. The average molecular weight is 320 g/mol. The monoisotopic (exact) mass is 318 g/mol. The molecule has 1 amide bonds. The first-order valence-electron chi connectivity index (χ1n) is 5.38. The van der Waals surface area contributed by atoms with E-state index in [0.717, 1.165) is 17.4 Å². The van der Waals surface area contributed by atoms with Crippen molar-refractivity contribution >= 4 is 33.4 Å². The molecule has 1 N–H and O–H groups in total. The molecule has 0 aromatic heterocycles. The van der Waals surface area contributed by atoms with Crippen molar-refractivity contribution in [2.45, 2.75) is 6.42 Å². The second-order valence-corrected chi connectivity index (χ2v) is 5.42. The molecule has 0 radical (unpaired) electrons. The largest absolute Gasteiger partial charge is 0.352 e. The van der Waals surface area contributed by atoms with Crippen LogP contribution in [0.15, 0.2) is 22.7 Å². The van der Waals surface area contributed by atoms with E-state index >= 15 is 0 Å². The van der Waals surface area contributed by atoms with Crippen molar-refractivity contribution < 1.29 is 4.79 Å². The number of carbonyl (C=O) groups excluding carboxylic acids is 1. The standard InChI is InChI=1S/C12H16BrClN2O/c1-16(2)5-3-4-15-12(17)9-6-10(13)8-11(14)7-9/h6-8H,3-5H2,1-2H3,(H,15,17). The molecule has 1 rings (SSSR count). The van der Waals surface area contributed by atoms with Crippen molar-refractivity contribution in [3.8, 4) is 0 Å². The van der Waals surface area contributed by atoms with Crippen LogP contribution in [0, 0.1) is 0 Å². The van der Waals surface area contributed by atoms with E-state index in [9.17, 15) is 4.79 Å². The van der Waals surface area contributed by atoms with Gasteiger partial charge in [-0.1, -0.05) is 27.5 Å². The molecule has 1 aromatic carbocycles. The number of halogens is 2. The van der Waals surface area contributed by atoms with Crippen LogP contribution in [0.2, 0.25) is 5.02 Å². The van der Waals surface area contributed by atoms with Crippen LogP contribution in [0.3, 0.4) is 0 Å². The summed E-state index contributed by atoms with van der Waals surface area (Å²) >= 11 is 9.19. The summed E-state index contributed by atoms with van der Waals surface area (Å²) in [5.41, 5.74) is 0.578. The van der Waals surface area contributed by atoms with E-state index in [4.69, 9.17) is 11.6 Å². The minimum Gasteiger partial charge on any atom is -0.352 e. The molecule has 0 aliphatic heterocycles. The van der Waals surface area contributed by atoms with E-state index in [1.165, 1.54) is 0 Å². The highest BCUT2D eigenvalue weighted by Gasteiger charge is 2.06. The van der Waals surface area contributed by atoms with Crippen molar-refractivity contribution in [2.75, 3.05) is 27.2 Å². The van der Waals surface area contributed by atoms with Gasteiger partial charge in [-0.2, -0.15) is 0 Å². The number of nitrogens with one attached hydrogen (secondary N) is 1. The first kappa shape index (κ1) is 14.5. The Hall–Kier alpha value is -0.580. The highest BCUT2D eigenvalue weighted by molar-refractivity contribution is 9.10. The zero-order chi connectivity index (χ0) is 12.8. The summed E-state index contributed by atoms with van der Waals surface area (Å²) < 4.78 is 0.809. The fourth-order valence-corrected chi connectivity index (χ4v) is 2.24. The minimum atomic E-state index is -0.0908. The maximum atomic E-state index is 11.8. The second kappa shape index (κ2) is 6.99. The molecule has 0 spiro atoms. The number of nitrogens with zero attached hydrogens (tertiary/aromatic N) is 1. The lowest BCUT2D eigenvalue weighted by Crippen LogP contribution is -2.27. The van der Waals surface area contributed by atoms with Crippen LogP contribution in [-0.2, 0) is 0 Å². The number of rotatable bonds is 5. The van der Waals surface area contributed by atoms with Crippen LogP contribution in [-0.4, -0.2) is 38.0 Å². The lowest BCUT2D eigenvalue weighted by molar-refractivity contribution is 0.0952. The zero-order valence-electron chi connectivity index (χ0n) is 9.96. The molecular formula is C12H16BrClN2O. The zero-order valence-corrected chi connectivity index (χ0v) is 12.3. The Bertz CT molecular complexity index is 376. The van der Waals surface area contributed by atoms with Gasteiger partial charge in [0.15, 0.2) is 0 Å². The maximum Gasteiger partial charge on any atom is 0.251 e. The smallest absolute Gasteiger partial charge is 0.251 e. The SMILES string of the molecule is CN(C)CCCNC(=O)c1cc(Cl)cc(Br)c1. The summed E-state index contributed by atoms with van der Waals surface area (Å²) in [6, 6.07) is 5.17. The van der Waals surface area contributed by atoms with Crippen LogP contribution < -0.4 is 5.32 Å². The Balaban J connectivity index is 2.47. The summed E-state index contributed by atoms with van der Waals surface area (Å²) in [5.74, 6) is -0.0908. The van der Waals surface area contributed by atoms with Gasteiger partial charge in [0, 0.05) is 21.6 Å². The van der Waals surface area contributed by atoms with Crippen molar-refractivity contribution in [1.29, 1.82) is 0 Å². The Morgan fingerprint density at radius 1 is 1.41 bits per heavy atom. The molecule has 3 nitrogen and oxygen atoms in total. The molecule has 0 fully saturated rings. The van der Waals surface area contributed by atoms with Crippen LogP contribution in [0.25, 0.3) is 0 Å². The first-order valence-corrected chi connectivity index (χ1v) is 6.55. The minimum absolute atomic E-state index is 0.0908. The van der Waals surface area contributed by atoms with Gasteiger partial charge in [0.2, 0.25) is 0 Å². The number of hydrogen-bond acceptors (Lipinski definition) is 2. The molecule has 0 saturated heterocycles. The maximum absolute atomic E-state index is 11.8. The summed E-state index contributed by atoms with van der Waals surface area (Å²) in [7, 11) is 4.02. The van der Waals surface area contributed by atoms with Crippen molar-refractivity contribution in [2.24, 2.45) is 0 Å². The third-order valence-corrected chi connectivity index (χ3v) is 2.87. The highest BCUT2D eigenvalue weighted by Crippen LogP contribution is 2.19. The molecular weight excluding hydrogens is 304 g/mol. The van der Waals surface area contributed by atoms with Crippen LogP contribution in [0.5, 0.6) is 0 Å². The number of carbonyl (C=O) groups is 1. The van der Waals surface area contributed by atoms with Gasteiger partial charge in [0.1, 0.15) is 0 Å². The predicted octanol–water partition coefficient (Wildman–Crippen LogP) is 2.78. The van der Waals surface area contributed by atoms with E-state index in [-0.39, 0.29) is 5.91 Å². The fraction of sp³-hybridized carbons (Fsp3) is 0.417. The Morgan fingerprint density at radius 3 is 2.71 bits per heavy atom. The van der Waals surface area contributed by atoms with Gasteiger partial charge in [-0.25, -0.2) is 0 Å². The molecule has 0 bridgehead atoms. The lowest BCUT2D eigenvalue weighted by atomic mass is 10.2. The molecule has 1 aromatic rings. The summed E-state index contributed by atoms with van der Waals surface area (Å²) in [5, 5.41) is 3.42. The third kappa shape index (κ3) is 5.52. The number of benzene rings is 1. The molecule has 0 aliphatic rings. The third-order valence-electron chi connectivity index (χ3n) is 2.19. The quantitative estimate of drug-likeness (QED) is 0.847. The van der Waals surface area contributed by atoms with Gasteiger partial charge in [-0.15, -0.1) is 0 Å². The average Bonchev–Trinajstić information content (AvgIpc) is 2.22. The Morgan fingerprint density at radius 2 is 2.12 bits per heavy atom. The first-order chi connectivity index (χ1) is 7.99. The highest BCUT2D eigenvalue weighted by atomic mass is 79.9. The topological polar surface area (TPSA) is 32.3 Å². The lowest BCUT2D eigenvalue weighted by Gasteiger charge is -2.10. The van der Waals surface area contributed by atoms with Gasteiger partial charge in [-0.3, -0.25) is 4.79 Å². The van der Waals surface area contributed by atoms with Crippen LogP contribution in [0.4, 0.5) is 0 Å². The van der Waals surface area contributed by atoms with E-state index in [2.05, 4.69) is 26.1 Å². The van der Waals surface area contributed by atoms with E-state index < -0.39 is 0 Å². The van der Waals surface area contributed by atoms with Crippen LogP contribution >= 0.6 is 27.5 Å². The van der Waals surface area contributed by atoms with Gasteiger partial charge in [0.05, 0.1) is 0 Å². The van der Waals surface area contributed by atoms with Crippen LogP contribution in [0.1, 0.15) is 16.8 Å². The molecule has 0 heterocycles. The normalized spacial score (nSPS) is 10.6. The van der Waals surface area contributed by atoms with Gasteiger partial charge >= 0.3 is 0 Å². The van der Waals surface area contributed by atoms with Gasteiger partial charge in [-0.05, 0) is 45.3 Å². The van der Waals surface area contributed by atoms with Crippen molar-refractivity contribution in [1.82, 2.24) is 10.2 Å². The molecule has 0 aliphatic carbocycles. The molecule has 0 atom stereocenters. The van der Waals surface area contributed by atoms with Crippen molar-refractivity contribution in [3.63, 3.8) is 0 Å². The summed E-state index contributed by atoms with van der Waals surface area (Å²) in [4.78, 5) is 13.9. The fourth-order valence-electron chi connectivity index (χ4n) is 1.38. The van der Waals surface area contributed by atoms with E-state index in [1.807, 2.05) is 14.1 Å². The number of hydrogen-bond donors (Lipinski definition) is 1. The molecule has 0 saturated carbocycles.